The van der Waals surface area contributed by atoms with Gasteiger partial charge >= 0.3 is 0 Å². The lowest BCUT2D eigenvalue weighted by Crippen LogP contribution is -2.36. The lowest BCUT2D eigenvalue weighted by atomic mass is 9.89. The molecule has 2 aliphatic heterocycles. The van der Waals surface area contributed by atoms with Gasteiger partial charge < -0.3 is 25.6 Å². The number of aromatic hydroxyl groups is 2. The number of phenolic OH excluding ortho intramolecular Hbond substituents is 2. The quantitative estimate of drug-likeness (QED) is 0.642. The normalized spacial score (nSPS) is 20.1. The Balaban J connectivity index is 1.39. The first-order valence-corrected chi connectivity index (χ1v) is 10.5. The maximum atomic E-state index is 10.3. The zero-order valence-electron chi connectivity index (χ0n) is 16.4. The van der Waals surface area contributed by atoms with Crippen LogP contribution in [0.4, 0.5) is 0 Å². The van der Waals surface area contributed by atoms with Gasteiger partial charge in [0.1, 0.15) is 11.9 Å². The molecule has 1 saturated heterocycles. The molecule has 4 N–H and O–H groups in total. The van der Waals surface area contributed by atoms with E-state index in [1.807, 2.05) is 18.2 Å². The van der Waals surface area contributed by atoms with E-state index < -0.39 is 0 Å². The maximum absolute atomic E-state index is 10.3. The van der Waals surface area contributed by atoms with Crippen LogP contribution in [0.5, 0.6) is 11.5 Å². The summed E-state index contributed by atoms with van der Waals surface area (Å²) >= 11 is 5.96. The second-order valence-electron chi connectivity index (χ2n) is 7.82. The van der Waals surface area contributed by atoms with E-state index in [0.29, 0.717) is 18.0 Å². The number of halogens is 1. The Labute approximate surface area is 176 Å². The lowest BCUT2D eigenvalue weighted by Gasteiger charge is -2.36. The van der Waals surface area contributed by atoms with Crippen molar-refractivity contribution >= 4 is 17.7 Å². The molecule has 0 radical (unpaired) electrons. The van der Waals surface area contributed by atoms with Crippen molar-refractivity contribution in [3.8, 4) is 11.5 Å². The van der Waals surface area contributed by atoms with Gasteiger partial charge in [0.15, 0.2) is 11.5 Å². The molecule has 2 heterocycles. The third-order valence-electron chi connectivity index (χ3n) is 5.98. The molecule has 0 spiro atoms. The summed E-state index contributed by atoms with van der Waals surface area (Å²) in [5, 5.41) is 20.9. The van der Waals surface area contributed by atoms with Gasteiger partial charge in [-0.2, -0.15) is 0 Å². The highest BCUT2D eigenvalue weighted by Gasteiger charge is 2.30. The van der Waals surface area contributed by atoms with Crippen LogP contribution in [0.1, 0.15) is 35.6 Å². The number of benzene rings is 2. The summed E-state index contributed by atoms with van der Waals surface area (Å²) in [5.41, 5.74) is 8.67. The van der Waals surface area contributed by atoms with Gasteiger partial charge in [-0.15, -0.1) is 0 Å². The Morgan fingerprint density at radius 2 is 1.79 bits per heavy atom. The Morgan fingerprint density at radius 3 is 2.48 bits per heavy atom. The number of nitrogens with zero attached hydrogens (tertiary/aromatic N) is 1. The number of allylic oxidation sites excluding steroid dienone is 1. The number of ether oxygens (including phenoxy) is 1. The van der Waals surface area contributed by atoms with Crippen molar-refractivity contribution in [1.82, 2.24) is 4.90 Å². The van der Waals surface area contributed by atoms with Crippen molar-refractivity contribution in [2.45, 2.75) is 25.4 Å². The SMILES string of the molecule is NCC1OC(C2CCN(CCc3ccc(Cl)cc3)CC2)=Cc2c1ccc(O)c2O. The Hall–Kier alpha value is -2.21. The van der Waals surface area contributed by atoms with Crippen LogP contribution in [-0.4, -0.2) is 41.3 Å². The van der Waals surface area contributed by atoms with Gasteiger partial charge in [0, 0.05) is 35.2 Å². The summed E-state index contributed by atoms with van der Waals surface area (Å²) < 4.78 is 6.18. The second kappa shape index (κ2) is 8.66. The molecule has 0 aliphatic carbocycles. The number of likely N-dealkylation sites (tertiary alicyclic amines) is 1. The largest absolute Gasteiger partial charge is 0.504 e. The van der Waals surface area contributed by atoms with Crippen molar-refractivity contribution in [3.05, 3.63) is 63.9 Å². The molecule has 0 saturated carbocycles. The van der Waals surface area contributed by atoms with E-state index in [4.69, 9.17) is 22.1 Å². The van der Waals surface area contributed by atoms with E-state index in [-0.39, 0.29) is 17.6 Å². The molecule has 0 aromatic heterocycles. The molecule has 6 heteroatoms. The van der Waals surface area contributed by atoms with Crippen molar-refractivity contribution in [2.24, 2.45) is 11.7 Å². The van der Waals surface area contributed by atoms with E-state index in [1.165, 1.54) is 11.6 Å². The van der Waals surface area contributed by atoms with Gasteiger partial charge in [-0.3, -0.25) is 0 Å². The lowest BCUT2D eigenvalue weighted by molar-refractivity contribution is 0.0763. The molecule has 1 atom stereocenters. The number of phenols is 2. The standard InChI is InChI=1S/C23H27ClN2O3/c24-17-3-1-15(2-4-17)7-10-26-11-8-16(9-12-26)21-13-19-18(22(14-25)29-21)5-6-20(27)23(19)28/h1-6,13,16,22,27-28H,7-12,14,25H2. The summed E-state index contributed by atoms with van der Waals surface area (Å²) in [6.45, 7) is 3.36. The molecule has 5 nitrogen and oxygen atoms in total. The fourth-order valence-corrected chi connectivity index (χ4v) is 4.34. The van der Waals surface area contributed by atoms with Crippen LogP contribution in [-0.2, 0) is 11.2 Å². The van der Waals surface area contributed by atoms with Gasteiger partial charge in [-0.05, 0) is 62.2 Å². The third-order valence-corrected chi connectivity index (χ3v) is 6.23. The maximum Gasteiger partial charge on any atom is 0.165 e. The monoisotopic (exact) mass is 414 g/mol. The number of rotatable bonds is 5. The molecular weight excluding hydrogens is 388 g/mol. The van der Waals surface area contributed by atoms with Crippen LogP contribution in [0.15, 0.2) is 42.2 Å². The highest BCUT2D eigenvalue weighted by atomic mass is 35.5. The Morgan fingerprint density at radius 1 is 1.07 bits per heavy atom. The summed E-state index contributed by atoms with van der Waals surface area (Å²) in [7, 11) is 0. The van der Waals surface area contributed by atoms with Gasteiger partial charge in [-0.25, -0.2) is 0 Å². The fourth-order valence-electron chi connectivity index (χ4n) is 4.22. The zero-order chi connectivity index (χ0) is 20.4. The van der Waals surface area contributed by atoms with E-state index in [9.17, 15) is 10.2 Å². The van der Waals surface area contributed by atoms with Crippen molar-refractivity contribution in [3.63, 3.8) is 0 Å². The average molecular weight is 415 g/mol. The fraction of sp³-hybridized carbons (Fsp3) is 0.391. The van der Waals surface area contributed by atoms with Crippen LogP contribution in [0, 0.1) is 5.92 Å². The Kier molecular flexibility index (Phi) is 5.99. The van der Waals surface area contributed by atoms with E-state index in [1.54, 1.807) is 6.07 Å². The predicted molar refractivity (Wildman–Crippen MR) is 115 cm³/mol. The molecule has 1 unspecified atom stereocenters. The molecule has 29 heavy (non-hydrogen) atoms. The smallest absolute Gasteiger partial charge is 0.165 e. The molecule has 2 aliphatic rings. The summed E-state index contributed by atoms with van der Waals surface area (Å²) in [4.78, 5) is 2.48. The van der Waals surface area contributed by atoms with Crippen molar-refractivity contribution < 1.29 is 14.9 Å². The number of hydrogen-bond donors (Lipinski definition) is 3. The topological polar surface area (TPSA) is 79.0 Å². The molecule has 2 aromatic rings. The first-order chi connectivity index (χ1) is 14.0. The molecule has 0 bridgehead atoms. The highest BCUT2D eigenvalue weighted by Crippen LogP contribution is 2.43. The minimum Gasteiger partial charge on any atom is -0.504 e. The molecular formula is C23H27ClN2O3. The van der Waals surface area contributed by atoms with Gasteiger partial charge in [0.2, 0.25) is 0 Å². The van der Waals surface area contributed by atoms with Crippen LogP contribution in [0.2, 0.25) is 5.02 Å². The first-order valence-electron chi connectivity index (χ1n) is 10.1. The number of nitrogens with two attached hydrogens (primary N) is 1. The van der Waals surface area contributed by atoms with E-state index >= 15 is 0 Å². The molecule has 2 aromatic carbocycles. The van der Waals surface area contributed by atoms with Gasteiger partial charge in [0.05, 0.1) is 0 Å². The minimum atomic E-state index is -0.292. The predicted octanol–water partition coefficient (Wildman–Crippen LogP) is 4.08. The first kappa shape index (κ1) is 20.1. The molecule has 154 valence electrons. The van der Waals surface area contributed by atoms with Crippen molar-refractivity contribution in [1.29, 1.82) is 0 Å². The van der Waals surface area contributed by atoms with E-state index in [0.717, 1.165) is 55.2 Å². The van der Waals surface area contributed by atoms with Crippen molar-refractivity contribution in [2.75, 3.05) is 26.2 Å². The third kappa shape index (κ3) is 4.37. The van der Waals surface area contributed by atoms with Crippen LogP contribution in [0.25, 0.3) is 6.08 Å². The summed E-state index contributed by atoms with van der Waals surface area (Å²) in [6.07, 6.45) is 4.60. The highest BCUT2D eigenvalue weighted by molar-refractivity contribution is 6.30. The number of piperidine rings is 1. The minimum absolute atomic E-state index is 0.0952. The second-order valence-corrected chi connectivity index (χ2v) is 8.25. The van der Waals surface area contributed by atoms with Crippen LogP contribution in [0.3, 0.4) is 0 Å². The molecule has 0 amide bonds. The summed E-state index contributed by atoms with van der Waals surface area (Å²) in [5.74, 6) is 0.952. The van der Waals surface area contributed by atoms with Crippen LogP contribution < -0.4 is 5.73 Å². The average Bonchev–Trinajstić information content (AvgIpc) is 2.75. The van der Waals surface area contributed by atoms with Gasteiger partial charge in [0.25, 0.3) is 0 Å². The number of hydrogen-bond acceptors (Lipinski definition) is 5. The Bertz CT molecular complexity index is 890. The number of fused-ring (bicyclic) bond motifs is 1. The van der Waals surface area contributed by atoms with E-state index in [2.05, 4.69) is 17.0 Å². The van der Waals surface area contributed by atoms with Crippen LogP contribution >= 0.6 is 11.6 Å². The molecule has 4 rings (SSSR count). The zero-order valence-corrected chi connectivity index (χ0v) is 17.1. The summed E-state index contributed by atoms with van der Waals surface area (Å²) in [6, 6.07) is 11.3. The van der Waals surface area contributed by atoms with Gasteiger partial charge in [-0.1, -0.05) is 29.8 Å². The molecule has 1 fully saturated rings.